The maximum atomic E-state index is 12.0. The molecule has 0 amide bonds. The van der Waals surface area contributed by atoms with E-state index < -0.39 is 11.9 Å². The van der Waals surface area contributed by atoms with E-state index in [4.69, 9.17) is 9.47 Å². The quantitative estimate of drug-likeness (QED) is 0.326. The van der Waals surface area contributed by atoms with Crippen LogP contribution in [0.15, 0.2) is 60.0 Å². The van der Waals surface area contributed by atoms with Gasteiger partial charge in [0, 0.05) is 11.5 Å². The minimum absolute atomic E-state index is 0.336. The molecule has 0 saturated carbocycles. The SMILES string of the molecule is COC(=O)c1ccc(OC(=O)/C=C/c2cccc(OCc3csc(C)n3)c2)cc1. The van der Waals surface area contributed by atoms with Gasteiger partial charge >= 0.3 is 11.9 Å². The average Bonchev–Trinajstić information content (AvgIpc) is 3.16. The lowest BCUT2D eigenvalue weighted by atomic mass is 10.2. The van der Waals surface area contributed by atoms with Crippen molar-refractivity contribution in [1.29, 1.82) is 0 Å². The van der Waals surface area contributed by atoms with Crippen molar-refractivity contribution in [1.82, 2.24) is 4.98 Å². The molecule has 0 saturated heterocycles. The molecule has 6 nitrogen and oxygen atoms in total. The number of aromatic nitrogens is 1. The van der Waals surface area contributed by atoms with E-state index in [1.54, 1.807) is 17.4 Å². The zero-order chi connectivity index (χ0) is 20.6. The number of aryl methyl sites for hydroxylation is 1. The molecule has 0 unspecified atom stereocenters. The van der Waals surface area contributed by atoms with Gasteiger partial charge in [0.15, 0.2) is 0 Å². The van der Waals surface area contributed by atoms with E-state index in [2.05, 4.69) is 9.72 Å². The number of benzene rings is 2. The Balaban J connectivity index is 1.56. The van der Waals surface area contributed by atoms with Gasteiger partial charge < -0.3 is 14.2 Å². The molecule has 0 spiro atoms. The van der Waals surface area contributed by atoms with Gasteiger partial charge in [-0.2, -0.15) is 0 Å². The van der Waals surface area contributed by atoms with Crippen LogP contribution in [-0.2, 0) is 16.1 Å². The Hall–Kier alpha value is -3.45. The smallest absolute Gasteiger partial charge is 0.337 e. The highest BCUT2D eigenvalue weighted by molar-refractivity contribution is 7.09. The van der Waals surface area contributed by atoms with Gasteiger partial charge in [-0.15, -0.1) is 11.3 Å². The predicted octanol–water partition coefficient (Wildman–Crippen LogP) is 4.44. The highest BCUT2D eigenvalue weighted by Gasteiger charge is 2.06. The van der Waals surface area contributed by atoms with Crippen LogP contribution in [0.1, 0.15) is 26.6 Å². The van der Waals surface area contributed by atoms with Gasteiger partial charge in [0.05, 0.1) is 23.4 Å². The lowest BCUT2D eigenvalue weighted by molar-refractivity contribution is -0.128. The van der Waals surface area contributed by atoms with Gasteiger partial charge in [0.1, 0.15) is 18.1 Å². The number of carbonyl (C=O) groups excluding carboxylic acids is 2. The highest BCUT2D eigenvalue weighted by Crippen LogP contribution is 2.18. The zero-order valence-corrected chi connectivity index (χ0v) is 16.8. The number of hydrogen-bond acceptors (Lipinski definition) is 7. The highest BCUT2D eigenvalue weighted by atomic mass is 32.1. The summed E-state index contributed by atoms with van der Waals surface area (Å²) in [6.45, 7) is 2.34. The third-order valence-corrected chi connectivity index (χ3v) is 4.64. The summed E-state index contributed by atoms with van der Waals surface area (Å²) in [5.41, 5.74) is 2.07. The van der Waals surface area contributed by atoms with Crippen molar-refractivity contribution in [2.45, 2.75) is 13.5 Å². The topological polar surface area (TPSA) is 74.7 Å². The van der Waals surface area contributed by atoms with E-state index in [-0.39, 0.29) is 0 Å². The standard InChI is InChI=1S/C22H19NO5S/c1-15-23-18(14-29-15)13-27-20-5-3-4-16(12-20)6-11-21(24)28-19-9-7-17(8-10-19)22(25)26-2/h3-12,14H,13H2,1-2H3/b11-6+. The second-order valence-electron chi connectivity index (χ2n) is 5.99. The first-order valence-corrected chi connectivity index (χ1v) is 9.63. The number of methoxy groups -OCH3 is 1. The minimum atomic E-state index is -0.528. The van der Waals surface area contributed by atoms with E-state index in [0.717, 1.165) is 16.3 Å². The second-order valence-corrected chi connectivity index (χ2v) is 7.05. The largest absolute Gasteiger partial charge is 0.487 e. The van der Waals surface area contributed by atoms with Crippen molar-refractivity contribution in [2.24, 2.45) is 0 Å². The molecule has 0 radical (unpaired) electrons. The number of carbonyl (C=O) groups is 2. The number of esters is 2. The summed E-state index contributed by atoms with van der Waals surface area (Å²) in [6.07, 6.45) is 2.97. The van der Waals surface area contributed by atoms with Gasteiger partial charge in [-0.1, -0.05) is 12.1 Å². The number of thiazole rings is 1. The molecule has 0 aliphatic heterocycles. The van der Waals surface area contributed by atoms with Gasteiger partial charge in [0.25, 0.3) is 0 Å². The van der Waals surface area contributed by atoms with Crippen molar-refractivity contribution >= 4 is 29.4 Å². The Labute approximate surface area is 172 Å². The summed E-state index contributed by atoms with van der Waals surface area (Å²) in [6, 6.07) is 13.5. The van der Waals surface area contributed by atoms with Crippen LogP contribution >= 0.6 is 11.3 Å². The van der Waals surface area contributed by atoms with E-state index in [0.29, 0.717) is 23.7 Å². The lowest BCUT2D eigenvalue weighted by Crippen LogP contribution is -2.05. The molecule has 29 heavy (non-hydrogen) atoms. The molecule has 0 N–H and O–H groups in total. The molecule has 148 valence electrons. The summed E-state index contributed by atoms with van der Waals surface area (Å²) < 4.78 is 15.6. The third-order valence-electron chi connectivity index (χ3n) is 3.82. The van der Waals surface area contributed by atoms with Gasteiger partial charge in [-0.25, -0.2) is 14.6 Å². The maximum absolute atomic E-state index is 12.0. The van der Waals surface area contributed by atoms with Crippen molar-refractivity contribution in [3.63, 3.8) is 0 Å². The summed E-state index contributed by atoms with van der Waals surface area (Å²) in [4.78, 5) is 27.8. The molecule has 0 atom stereocenters. The summed E-state index contributed by atoms with van der Waals surface area (Å²) in [5, 5.41) is 2.96. The van der Waals surface area contributed by atoms with Gasteiger partial charge in [0.2, 0.25) is 0 Å². The molecular weight excluding hydrogens is 390 g/mol. The summed E-state index contributed by atoms with van der Waals surface area (Å²) in [7, 11) is 1.31. The fourth-order valence-electron chi connectivity index (χ4n) is 2.43. The van der Waals surface area contributed by atoms with Crippen LogP contribution in [-0.4, -0.2) is 24.0 Å². The molecule has 0 aliphatic carbocycles. The van der Waals surface area contributed by atoms with Crippen LogP contribution in [0, 0.1) is 6.92 Å². The number of rotatable bonds is 7. The fraction of sp³-hybridized carbons (Fsp3) is 0.136. The number of nitrogens with zero attached hydrogens (tertiary/aromatic N) is 1. The molecule has 1 heterocycles. The minimum Gasteiger partial charge on any atom is -0.487 e. The van der Waals surface area contributed by atoms with E-state index in [1.165, 1.54) is 37.5 Å². The molecule has 3 rings (SSSR count). The van der Waals surface area contributed by atoms with Crippen LogP contribution in [0.25, 0.3) is 6.08 Å². The first kappa shape index (κ1) is 20.3. The van der Waals surface area contributed by atoms with Gasteiger partial charge in [-0.05, 0) is 55.0 Å². The molecular formula is C22H19NO5S. The third kappa shape index (κ3) is 6.02. The summed E-state index contributed by atoms with van der Waals surface area (Å²) in [5.74, 6) is 0.0439. The summed E-state index contributed by atoms with van der Waals surface area (Å²) >= 11 is 1.58. The van der Waals surface area contributed by atoms with E-state index in [1.807, 2.05) is 36.6 Å². The van der Waals surface area contributed by atoms with E-state index in [9.17, 15) is 9.59 Å². The van der Waals surface area contributed by atoms with Crippen LogP contribution in [0.2, 0.25) is 0 Å². The molecule has 0 bridgehead atoms. The molecule has 1 aromatic heterocycles. The van der Waals surface area contributed by atoms with Gasteiger partial charge in [-0.3, -0.25) is 0 Å². The lowest BCUT2D eigenvalue weighted by Gasteiger charge is -2.05. The van der Waals surface area contributed by atoms with Crippen LogP contribution in [0.4, 0.5) is 0 Å². The maximum Gasteiger partial charge on any atom is 0.337 e. The molecule has 2 aromatic carbocycles. The first-order chi connectivity index (χ1) is 14.0. The molecule has 3 aromatic rings. The fourth-order valence-corrected chi connectivity index (χ4v) is 3.03. The normalized spacial score (nSPS) is 10.7. The monoisotopic (exact) mass is 409 g/mol. The van der Waals surface area contributed by atoms with Crippen molar-refractivity contribution < 1.29 is 23.8 Å². The number of ether oxygens (including phenoxy) is 3. The molecule has 0 fully saturated rings. The predicted molar refractivity (Wildman–Crippen MR) is 110 cm³/mol. The van der Waals surface area contributed by atoms with Crippen molar-refractivity contribution in [3.05, 3.63) is 81.8 Å². The van der Waals surface area contributed by atoms with Crippen LogP contribution in [0.3, 0.4) is 0 Å². The van der Waals surface area contributed by atoms with Crippen LogP contribution < -0.4 is 9.47 Å². The Morgan fingerprint density at radius 2 is 1.90 bits per heavy atom. The van der Waals surface area contributed by atoms with E-state index >= 15 is 0 Å². The zero-order valence-electron chi connectivity index (χ0n) is 16.0. The average molecular weight is 409 g/mol. The molecule has 0 aliphatic rings. The Morgan fingerprint density at radius 3 is 2.59 bits per heavy atom. The Kier molecular flexibility index (Phi) is 6.76. The molecule has 7 heteroatoms. The Morgan fingerprint density at radius 1 is 1.10 bits per heavy atom. The Bertz CT molecular complexity index is 1020. The van der Waals surface area contributed by atoms with Crippen molar-refractivity contribution in [3.8, 4) is 11.5 Å². The van der Waals surface area contributed by atoms with Crippen LogP contribution in [0.5, 0.6) is 11.5 Å². The first-order valence-electron chi connectivity index (χ1n) is 8.75. The second kappa shape index (κ2) is 9.66. The number of hydrogen-bond donors (Lipinski definition) is 0. The van der Waals surface area contributed by atoms with Crippen molar-refractivity contribution in [2.75, 3.05) is 7.11 Å².